The topological polar surface area (TPSA) is 0 Å². The number of hydrogen-bond donors (Lipinski definition) is 0. The molecule has 59 heavy (non-hydrogen) atoms. The molecule has 0 heterocycles. The third kappa shape index (κ3) is 14.2. The molecule has 0 radical (unpaired) electrons. The number of benzene rings is 7. The fraction of sp³-hybridized carbons (Fsp3) is 0.322. The lowest BCUT2D eigenvalue weighted by atomic mass is 9.84. The van der Waals surface area contributed by atoms with Crippen LogP contribution in [0.2, 0.25) is 0 Å². The van der Waals surface area contributed by atoms with Crippen molar-refractivity contribution in [1.82, 2.24) is 0 Å². The SMILES string of the molecule is CC.CC.CC.CC.CC.CC.CC/C=C\C(=C(C)C)c1ccccc1C.Cc1ccc(-c2c3ccccc3c(-c3cccc4ccccc34)c3ccccc23)cc1C. The summed E-state index contributed by atoms with van der Waals surface area (Å²) in [7, 11) is 0. The van der Waals surface area contributed by atoms with Crippen LogP contribution in [0.15, 0.2) is 151 Å². The first-order valence-electron chi connectivity index (χ1n) is 22.8. The molecule has 0 amide bonds. The molecule has 0 aliphatic rings. The van der Waals surface area contributed by atoms with E-state index in [4.69, 9.17) is 0 Å². The van der Waals surface area contributed by atoms with E-state index in [2.05, 4.69) is 187 Å². The van der Waals surface area contributed by atoms with Crippen molar-refractivity contribution in [3.05, 3.63) is 173 Å². The van der Waals surface area contributed by atoms with E-state index in [0.717, 1.165) is 6.42 Å². The molecule has 0 saturated carbocycles. The first-order valence-corrected chi connectivity index (χ1v) is 22.8. The van der Waals surface area contributed by atoms with Crippen molar-refractivity contribution in [3.8, 4) is 22.3 Å². The van der Waals surface area contributed by atoms with Gasteiger partial charge in [0.15, 0.2) is 0 Å². The van der Waals surface area contributed by atoms with Gasteiger partial charge < -0.3 is 0 Å². The van der Waals surface area contributed by atoms with Crippen LogP contribution >= 0.6 is 0 Å². The van der Waals surface area contributed by atoms with Crippen LogP contribution in [-0.2, 0) is 0 Å². The highest BCUT2D eigenvalue weighted by Crippen LogP contribution is 2.45. The van der Waals surface area contributed by atoms with E-state index >= 15 is 0 Å². The van der Waals surface area contributed by atoms with Gasteiger partial charge in [0.2, 0.25) is 0 Å². The Morgan fingerprint density at radius 2 is 0.864 bits per heavy atom. The maximum atomic E-state index is 2.33. The van der Waals surface area contributed by atoms with E-state index in [0.29, 0.717) is 0 Å². The first kappa shape index (κ1) is 53.8. The van der Waals surface area contributed by atoms with Gasteiger partial charge in [-0.2, -0.15) is 0 Å². The van der Waals surface area contributed by atoms with Gasteiger partial charge in [0.1, 0.15) is 0 Å². The predicted molar refractivity (Wildman–Crippen MR) is 276 cm³/mol. The summed E-state index contributed by atoms with van der Waals surface area (Å²) in [5, 5.41) is 7.78. The zero-order valence-corrected chi connectivity index (χ0v) is 40.6. The molecule has 0 atom stereocenters. The average molecular weight is 789 g/mol. The van der Waals surface area contributed by atoms with Crippen molar-refractivity contribution >= 4 is 37.9 Å². The smallest absolute Gasteiger partial charge is 0.00201 e. The van der Waals surface area contributed by atoms with Crippen molar-refractivity contribution in [2.24, 2.45) is 0 Å². The molecule has 0 unspecified atom stereocenters. The molecule has 0 spiro atoms. The van der Waals surface area contributed by atoms with E-state index < -0.39 is 0 Å². The molecule has 0 saturated heterocycles. The maximum absolute atomic E-state index is 2.33. The zero-order chi connectivity index (χ0) is 44.9. The van der Waals surface area contributed by atoms with Gasteiger partial charge >= 0.3 is 0 Å². The molecule has 0 N–H and O–H groups in total. The summed E-state index contributed by atoms with van der Waals surface area (Å²) < 4.78 is 0. The Hall–Kier alpha value is -5.20. The lowest BCUT2D eigenvalue weighted by molar-refractivity contribution is 1.22. The molecule has 0 aliphatic carbocycles. The molecule has 7 aromatic carbocycles. The van der Waals surface area contributed by atoms with E-state index in [1.54, 1.807) is 0 Å². The lowest BCUT2D eigenvalue weighted by Crippen LogP contribution is -1.92. The molecule has 0 nitrogen and oxygen atoms in total. The Morgan fingerprint density at radius 3 is 1.34 bits per heavy atom. The summed E-state index contributed by atoms with van der Waals surface area (Å²) in [5.41, 5.74) is 13.3. The molecule has 316 valence electrons. The molecule has 7 rings (SSSR count). The second-order valence-electron chi connectivity index (χ2n) is 12.7. The van der Waals surface area contributed by atoms with E-state index in [-0.39, 0.29) is 0 Å². The van der Waals surface area contributed by atoms with Gasteiger partial charge in [-0.1, -0.05) is 241 Å². The third-order valence-corrected chi connectivity index (χ3v) is 9.28. The van der Waals surface area contributed by atoms with Crippen LogP contribution in [0.1, 0.15) is 133 Å². The van der Waals surface area contributed by atoms with Gasteiger partial charge in [-0.25, -0.2) is 0 Å². The Labute approximate surface area is 363 Å². The Morgan fingerprint density at radius 1 is 0.424 bits per heavy atom. The molecule has 0 fully saturated rings. The molecular formula is C59H80. The molecule has 0 aromatic heterocycles. The highest BCUT2D eigenvalue weighted by atomic mass is 14.2. The predicted octanol–water partition coefficient (Wildman–Crippen LogP) is 20.0. The third-order valence-electron chi connectivity index (χ3n) is 9.28. The number of aryl methyl sites for hydroxylation is 3. The summed E-state index contributed by atoms with van der Waals surface area (Å²) >= 11 is 0. The van der Waals surface area contributed by atoms with Gasteiger partial charge in [0, 0.05) is 0 Å². The van der Waals surface area contributed by atoms with Crippen LogP contribution < -0.4 is 0 Å². The fourth-order valence-electron chi connectivity index (χ4n) is 6.71. The van der Waals surface area contributed by atoms with Gasteiger partial charge in [0.25, 0.3) is 0 Å². The zero-order valence-electron chi connectivity index (χ0n) is 40.6. The summed E-state index contributed by atoms with van der Waals surface area (Å²) in [6, 6.07) is 48.5. The van der Waals surface area contributed by atoms with Crippen LogP contribution in [0.3, 0.4) is 0 Å². The van der Waals surface area contributed by atoms with Crippen molar-refractivity contribution in [1.29, 1.82) is 0 Å². The molecule has 0 heteroatoms. The highest BCUT2D eigenvalue weighted by molar-refractivity contribution is 6.23. The van der Waals surface area contributed by atoms with Gasteiger partial charge in [-0.15, -0.1) is 0 Å². The Bertz CT molecular complexity index is 2210. The molecule has 7 aromatic rings. The normalized spacial score (nSPS) is 9.53. The summed E-state index contributed by atoms with van der Waals surface area (Å²) in [6.07, 6.45) is 5.54. The van der Waals surface area contributed by atoms with E-state index in [1.165, 1.54) is 88.0 Å². The fourth-order valence-corrected chi connectivity index (χ4v) is 6.71. The number of allylic oxidation sites excluding steroid dienone is 4. The van der Waals surface area contributed by atoms with Crippen LogP contribution in [0.25, 0.3) is 60.1 Å². The molecule has 0 aliphatic heterocycles. The minimum Gasteiger partial charge on any atom is -0.0842 e. The van der Waals surface area contributed by atoms with Crippen molar-refractivity contribution in [2.45, 2.75) is 131 Å². The standard InChI is InChI=1S/C32H24.C15H20.6C2H6/c1-21-18-19-24(20-22(21)2)31-27-13-5-7-15-29(27)32(30-16-8-6-14-28(30)31)26-17-9-11-23-10-3-4-12-25(23)26;1-5-6-10-14(12(2)3)15-11-8-7-9-13(15)4;6*1-2/h3-20H,1-2H3;6-11H,5H2,1-4H3;6*1-2H3/b;10-6-;;;;;;. The number of hydrogen-bond acceptors (Lipinski definition) is 0. The van der Waals surface area contributed by atoms with Crippen LogP contribution in [-0.4, -0.2) is 0 Å². The number of rotatable bonds is 5. The van der Waals surface area contributed by atoms with E-state index in [1.807, 2.05) is 83.1 Å². The summed E-state index contributed by atoms with van der Waals surface area (Å²) in [5.74, 6) is 0. The Balaban J connectivity index is 0.00000105. The van der Waals surface area contributed by atoms with Gasteiger partial charge in [0.05, 0.1) is 0 Å². The number of fused-ring (bicyclic) bond motifs is 3. The highest BCUT2D eigenvalue weighted by Gasteiger charge is 2.17. The van der Waals surface area contributed by atoms with Gasteiger partial charge in [-0.3, -0.25) is 0 Å². The maximum Gasteiger partial charge on any atom is -0.00201 e. The Kier molecular flexibility index (Phi) is 28.1. The van der Waals surface area contributed by atoms with Crippen LogP contribution in [0.4, 0.5) is 0 Å². The summed E-state index contributed by atoms with van der Waals surface area (Å²) in [6.45, 7) is 37.0. The lowest BCUT2D eigenvalue weighted by Gasteiger charge is -2.19. The van der Waals surface area contributed by atoms with Gasteiger partial charge in [-0.05, 0) is 123 Å². The van der Waals surface area contributed by atoms with Crippen molar-refractivity contribution in [2.75, 3.05) is 0 Å². The van der Waals surface area contributed by atoms with E-state index in [9.17, 15) is 0 Å². The molecular weight excluding hydrogens is 709 g/mol. The van der Waals surface area contributed by atoms with Crippen LogP contribution in [0.5, 0.6) is 0 Å². The van der Waals surface area contributed by atoms with Crippen molar-refractivity contribution < 1.29 is 0 Å². The molecule has 0 bridgehead atoms. The second kappa shape index (κ2) is 30.8. The average Bonchev–Trinajstić information content (AvgIpc) is 3.31. The minimum atomic E-state index is 1.09. The summed E-state index contributed by atoms with van der Waals surface area (Å²) in [4.78, 5) is 0. The monoisotopic (exact) mass is 789 g/mol. The minimum absolute atomic E-state index is 1.09. The first-order chi connectivity index (χ1) is 28.9. The van der Waals surface area contributed by atoms with Crippen molar-refractivity contribution in [3.63, 3.8) is 0 Å². The second-order valence-corrected chi connectivity index (χ2v) is 12.7. The largest absolute Gasteiger partial charge is 0.0842 e. The quantitative estimate of drug-likeness (QED) is 0.120. The van der Waals surface area contributed by atoms with Crippen LogP contribution in [0, 0.1) is 20.8 Å².